The summed E-state index contributed by atoms with van der Waals surface area (Å²) in [6.07, 6.45) is 7.29. The van der Waals surface area contributed by atoms with Crippen molar-refractivity contribution in [2.75, 3.05) is 64.6 Å². The molecule has 1 aromatic rings. The third kappa shape index (κ3) is 5.43. The smallest absolute Gasteiger partial charge is 0.228 e. The Hall–Kier alpha value is -2.32. The molecule has 8 nitrogen and oxygen atoms in total. The van der Waals surface area contributed by atoms with Gasteiger partial charge in [-0.3, -0.25) is 9.59 Å². The molecular formula is C27H39N3O5. The summed E-state index contributed by atoms with van der Waals surface area (Å²) >= 11 is 0. The first kappa shape index (κ1) is 24.4. The molecule has 0 unspecified atom stereocenters. The molecule has 0 N–H and O–H groups in total. The van der Waals surface area contributed by atoms with E-state index >= 15 is 0 Å². The summed E-state index contributed by atoms with van der Waals surface area (Å²) in [5.41, 5.74) is 0.769. The average Bonchev–Trinajstić information content (AvgIpc) is 3.29. The van der Waals surface area contributed by atoms with Gasteiger partial charge in [-0.2, -0.15) is 0 Å². The number of fused-ring (bicyclic) bond motifs is 2. The number of hydrogen-bond acceptors (Lipinski definition) is 6. The van der Waals surface area contributed by atoms with Gasteiger partial charge in [-0.05, 0) is 63.2 Å². The minimum absolute atomic E-state index is 0.00649. The molecule has 0 aromatic heterocycles. The molecule has 0 spiro atoms. The number of ether oxygens (including phenoxy) is 3. The van der Waals surface area contributed by atoms with E-state index in [0.29, 0.717) is 56.4 Å². The van der Waals surface area contributed by atoms with Gasteiger partial charge in [-0.15, -0.1) is 0 Å². The van der Waals surface area contributed by atoms with E-state index in [4.69, 9.17) is 14.2 Å². The van der Waals surface area contributed by atoms with Crippen LogP contribution in [0.25, 0.3) is 0 Å². The Morgan fingerprint density at radius 1 is 1.11 bits per heavy atom. The number of anilines is 1. The van der Waals surface area contributed by atoms with Crippen LogP contribution in [0.15, 0.2) is 18.2 Å². The molecule has 2 amide bonds. The number of hydrogen-bond donors (Lipinski definition) is 0. The zero-order valence-electron chi connectivity index (χ0n) is 21.0. The Morgan fingerprint density at radius 3 is 2.80 bits per heavy atom. The second kappa shape index (κ2) is 11.2. The van der Waals surface area contributed by atoms with Crippen LogP contribution >= 0.6 is 0 Å². The van der Waals surface area contributed by atoms with Crippen LogP contribution in [0.1, 0.15) is 44.9 Å². The molecule has 0 saturated carbocycles. The molecule has 3 fully saturated rings. The van der Waals surface area contributed by atoms with Crippen LogP contribution in [-0.2, 0) is 14.3 Å². The molecule has 4 aliphatic heterocycles. The lowest BCUT2D eigenvalue weighted by Crippen LogP contribution is -2.52. The predicted molar refractivity (Wildman–Crippen MR) is 133 cm³/mol. The van der Waals surface area contributed by atoms with E-state index in [2.05, 4.69) is 4.90 Å². The van der Waals surface area contributed by atoms with Crippen molar-refractivity contribution >= 4 is 17.5 Å². The molecule has 0 bridgehead atoms. The van der Waals surface area contributed by atoms with Crippen LogP contribution in [0.3, 0.4) is 0 Å². The molecule has 0 aliphatic carbocycles. The Morgan fingerprint density at radius 2 is 1.94 bits per heavy atom. The standard InChI is InChI=1S/C27H39N3O5/c1-33-13-5-12-29(18-20-6-4-11-28-10-3-2-7-23(20)28)27(32)21-16-26(31)30(19-21)22-8-9-24-25(17-22)35-15-14-34-24/h8-9,17,20-21,23H,2-7,10-16,18-19H2,1H3/t20-,21+,23+/m0/s1. The maximum atomic E-state index is 13.8. The highest BCUT2D eigenvalue weighted by atomic mass is 16.6. The van der Waals surface area contributed by atoms with Gasteiger partial charge in [0.2, 0.25) is 11.8 Å². The molecular weight excluding hydrogens is 446 g/mol. The summed E-state index contributed by atoms with van der Waals surface area (Å²) in [6.45, 7) is 5.95. The molecule has 1 aromatic carbocycles. The Labute approximate surface area is 208 Å². The first-order chi connectivity index (χ1) is 17.1. The van der Waals surface area contributed by atoms with Crippen LogP contribution in [0.5, 0.6) is 11.5 Å². The first-order valence-electron chi connectivity index (χ1n) is 13.4. The maximum Gasteiger partial charge on any atom is 0.228 e. The van der Waals surface area contributed by atoms with E-state index in [0.717, 1.165) is 18.7 Å². The van der Waals surface area contributed by atoms with Crippen molar-refractivity contribution in [1.82, 2.24) is 9.80 Å². The van der Waals surface area contributed by atoms with Crippen LogP contribution in [0, 0.1) is 11.8 Å². The zero-order chi connectivity index (χ0) is 24.2. The summed E-state index contributed by atoms with van der Waals surface area (Å²) in [5, 5.41) is 0. The highest BCUT2D eigenvalue weighted by Gasteiger charge is 2.40. The quantitative estimate of drug-likeness (QED) is 0.528. The number of rotatable bonds is 8. The van der Waals surface area contributed by atoms with Gasteiger partial charge in [0.1, 0.15) is 13.2 Å². The highest BCUT2D eigenvalue weighted by molar-refractivity contribution is 6.00. The molecule has 0 radical (unpaired) electrons. The van der Waals surface area contributed by atoms with Gasteiger partial charge in [0.05, 0.1) is 5.92 Å². The van der Waals surface area contributed by atoms with Gasteiger partial charge in [0.15, 0.2) is 11.5 Å². The largest absolute Gasteiger partial charge is 0.486 e. The van der Waals surface area contributed by atoms with Crippen LogP contribution in [0.2, 0.25) is 0 Å². The van der Waals surface area contributed by atoms with Gasteiger partial charge < -0.3 is 28.9 Å². The highest BCUT2D eigenvalue weighted by Crippen LogP contribution is 2.37. The molecule has 192 valence electrons. The van der Waals surface area contributed by atoms with Gasteiger partial charge in [-0.25, -0.2) is 0 Å². The second-order valence-electron chi connectivity index (χ2n) is 10.4. The van der Waals surface area contributed by atoms with E-state index in [1.807, 2.05) is 23.1 Å². The maximum absolute atomic E-state index is 13.8. The minimum atomic E-state index is -0.315. The zero-order valence-corrected chi connectivity index (χ0v) is 21.0. The third-order valence-electron chi connectivity index (χ3n) is 8.08. The van der Waals surface area contributed by atoms with E-state index in [-0.39, 0.29) is 24.2 Å². The van der Waals surface area contributed by atoms with Crippen molar-refractivity contribution in [3.8, 4) is 11.5 Å². The summed E-state index contributed by atoms with van der Waals surface area (Å²) in [7, 11) is 1.70. The molecule has 8 heteroatoms. The number of nitrogens with zero attached hydrogens (tertiary/aromatic N) is 3. The monoisotopic (exact) mass is 485 g/mol. The van der Waals surface area contributed by atoms with Gasteiger partial charge in [-0.1, -0.05) is 6.42 Å². The number of methoxy groups -OCH3 is 1. The van der Waals surface area contributed by atoms with E-state index in [1.54, 1.807) is 12.0 Å². The normalized spacial score (nSPS) is 26.5. The number of piperidine rings is 2. The van der Waals surface area contributed by atoms with Crippen molar-refractivity contribution < 1.29 is 23.8 Å². The minimum Gasteiger partial charge on any atom is -0.486 e. The van der Waals surface area contributed by atoms with Crippen LogP contribution in [-0.4, -0.2) is 87.3 Å². The van der Waals surface area contributed by atoms with Crippen molar-refractivity contribution in [3.05, 3.63) is 18.2 Å². The van der Waals surface area contributed by atoms with Crippen molar-refractivity contribution in [1.29, 1.82) is 0 Å². The van der Waals surface area contributed by atoms with Crippen LogP contribution < -0.4 is 14.4 Å². The van der Waals surface area contributed by atoms with E-state index < -0.39 is 0 Å². The van der Waals surface area contributed by atoms with E-state index in [9.17, 15) is 9.59 Å². The number of amides is 2. The predicted octanol–water partition coefficient (Wildman–Crippen LogP) is 2.94. The summed E-state index contributed by atoms with van der Waals surface area (Å²) in [6, 6.07) is 6.18. The van der Waals surface area contributed by atoms with Gasteiger partial charge in [0.25, 0.3) is 0 Å². The van der Waals surface area contributed by atoms with Gasteiger partial charge in [0, 0.05) is 57.6 Å². The topological polar surface area (TPSA) is 71.6 Å². The summed E-state index contributed by atoms with van der Waals surface area (Å²) < 4.78 is 16.6. The van der Waals surface area contributed by atoms with Crippen molar-refractivity contribution in [2.45, 2.75) is 51.0 Å². The fraction of sp³-hybridized carbons (Fsp3) is 0.704. The molecule has 35 heavy (non-hydrogen) atoms. The lowest BCUT2D eigenvalue weighted by Gasteiger charge is -2.46. The average molecular weight is 486 g/mol. The van der Waals surface area contributed by atoms with Crippen molar-refractivity contribution in [2.24, 2.45) is 11.8 Å². The number of benzene rings is 1. The molecule has 4 heterocycles. The van der Waals surface area contributed by atoms with E-state index in [1.165, 1.54) is 45.2 Å². The lowest BCUT2D eigenvalue weighted by molar-refractivity contribution is -0.137. The van der Waals surface area contributed by atoms with Gasteiger partial charge >= 0.3 is 0 Å². The van der Waals surface area contributed by atoms with Crippen molar-refractivity contribution in [3.63, 3.8) is 0 Å². The Kier molecular flexibility index (Phi) is 7.78. The number of carbonyl (C=O) groups is 2. The fourth-order valence-electron chi connectivity index (χ4n) is 6.35. The first-order valence-corrected chi connectivity index (χ1v) is 13.4. The second-order valence-corrected chi connectivity index (χ2v) is 10.4. The molecule has 3 atom stereocenters. The SMILES string of the molecule is COCCCN(C[C@@H]1CCCN2CCCC[C@H]12)C(=O)[C@@H]1CC(=O)N(c2ccc3c(c2)OCCO3)C1. The van der Waals surface area contributed by atoms with Crippen LogP contribution in [0.4, 0.5) is 5.69 Å². The molecule has 4 aliphatic rings. The lowest BCUT2D eigenvalue weighted by atomic mass is 9.83. The number of carbonyl (C=O) groups excluding carboxylic acids is 2. The summed E-state index contributed by atoms with van der Waals surface area (Å²) in [5.74, 6) is 1.67. The molecule has 3 saturated heterocycles. The Bertz CT molecular complexity index is 907. The molecule has 5 rings (SSSR count). The third-order valence-corrected chi connectivity index (χ3v) is 8.08. The Balaban J connectivity index is 1.27. The fourth-order valence-corrected chi connectivity index (χ4v) is 6.35. The summed E-state index contributed by atoms with van der Waals surface area (Å²) in [4.78, 5) is 33.2.